The van der Waals surface area contributed by atoms with Gasteiger partial charge in [0.1, 0.15) is 18.2 Å². The smallest absolute Gasteiger partial charge is 0.146 e. The molecule has 1 heterocycles. The minimum absolute atomic E-state index is 0.404. The molecule has 0 aliphatic rings. The van der Waals surface area contributed by atoms with Gasteiger partial charge in [-0.15, -0.1) is 10.2 Å². The van der Waals surface area contributed by atoms with Crippen LogP contribution in [0.15, 0.2) is 66.7 Å². The first-order valence-corrected chi connectivity index (χ1v) is 6.68. The molecule has 2 N–H and O–H groups in total. The molecule has 3 rings (SSSR count). The summed E-state index contributed by atoms with van der Waals surface area (Å²) in [6, 6.07) is 21.4. The van der Waals surface area contributed by atoms with E-state index in [1.807, 2.05) is 60.7 Å². The predicted molar refractivity (Wildman–Crippen MR) is 82.7 cm³/mol. The van der Waals surface area contributed by atoms with Crippen molar-refractivity contribution in [3.05, 3.63) is 72.3 Å². The Hall–Kier alpha value is -2.88. The third kappa shape index (κ3) is 3.17. The minimum atomic E-state index is 0.404. The van der Waals surface area contributed by atoms with Gasteiger partial charge < -0.3 is 10.5 Å². The van der Waals surface area contributed by atoms with Crippen LogP contribution in [-0.2, 0) is 6.61 Å². The first-order valence-electron chi connectivity index (χ1n) is 6.68. The Labute approximate surface area is 123 Å². The summed E-state index contributed by atoms with van der Waals surface area (Å²) in [5, 5.41) is 8.00. The van der Waals surface area contributed by atoms with Crippen molar-refractivity contribution in [2.45, 2.75) is 6.61 Å². The lowest BCUT2D eigenvalue weighted by Gasteiger charge is -2.11. The van der Waals surface area contributed by atoms with E-state index < -0.39 is 0 Å². The number of rotatable bonds is 4. The summed E-state index contributed by atoms with van der Waals surface area (Å²) in [6.45, 7) is 0.514. The number of nitrogens with zero attached hydrogens (tertiary/aromatic N) is 2. The fourth-order valence-electron chi connectivity index (χ4n) is 2.03. The summed E-state index contributed by atoms with van der Waals surface area (Å²) in [5.74, 6) is 1.18. The van der Waals surface area contributed by atoms with Crippen LogP contribution in [0, 0.1) is 0 Å². The third-order valence-corrected chi connectivity index (χ3v) is 3.09. The number of nitrogen functional groups attached to an aromatic ring is 1. The zero-order valence-corrected chi connectivity index (χ0v) is 11.4. The van der Waals surface area contributed by atoms with Crippen molar-refractivity contribution in [3.8, 4) is 17.0 Å². The fourth-order valence-corrected chi connectivity index (χ4v) is 2.03. The molecular formula is C17H15N3O. The largest absolute Gasteiger partial charge is 0.488 e. The van der Waals surface area contributed by atoms with Crippen molar-refractivity contribution in [1.82, 2.24) is 10.2 Å². The normalized spacial score (nSPS) is 10.3. The average Bonchev–Trinajstić information content (AvgIpc) is 2.55. The van der Waals surface area contributed by atoms with Crippen LogP contribution in [0.5, 0.6) is 5.75 Å². The second-order valence-electron chi connectivity index (χ2n) is 4.61. The van der Waals surface area contributed by atoms with Gasteiger partial charge in [0.05, 0.1) is 5.69 Å². The quantitative estimate of drug-likeness (QED) is 0.794. The Morgan fingerprint density at radius 1 is 0.810 bits per heavy atom. The molecule has 3 aromatic rings. The number of ether oxygens (including phenoxy) is 1. The highest BCUT2D eigenvalue weighted by Gasteiger charge is 2.07. The fraction of sp³-hybridized carbons (Fsp3) is 0.0588. The van der Waals surface area contributed by atoms with Crippen molar-refractivity contribution < 1.29 is 4.74 Å². The Morgan fingerprint density at radius 2 is 1.57 bits per heavy atom. The molecule has 4 heteroatoms. The Kier molecular flexibility index (Phi) is 3.78. The van der Waals surface area contributed by atoms with Crippen LogP contribution in [0.25, 0.3) is 11.3 Å². The second kappa shape index (κ2) is 6.05. The van der Waals surface area contributed by atoms with Gasteiger partial charge in [0.15, 0.2) is 0 Å². The highest BCUT2D eigenvalue weighted by Crippen LogP contribution is 2.28. The molecule has 0 radical (unpaired) electrons. The molecule has 0 saturated carbocycles. The summed E-state index contributed by atoms with van der Waals surface area (Å²) in [7, 11) is 0. The van der Waals surface area contributed by atoms with Gasteiger partial charge in [0, 0.05) is 5.56 Å². The van der Waals surface area contributed by atoms with E-state index in [1.54, 1.807) is 6.07 Å². The molecule has 0 spiro atoms. The molecule has 104 valence electrons. The number of hydrogen-bond donors (Lipinski definition) is 1. The topological polar surface area (TPSA) is 61.0 Å². The van der Waals surface area contributed by atoms with E-state index in [0.717, 1.165) is 22.6 Å². The van der Waals surface area contributed by atoms with E-state index in [9.17, 15) is 0 Å². The number of benzene rings is 2. The molecule has 0 saturated heterocycles. The zero-order chi connectivity index (χ0) is 14.5. The minimum Gasteiger partial charge on any atom is -0.488 e. The third-order valence-electron chi connectivity index (χ3n) is 3.09. The Balaban J connectivity index is 1.84. The van der Waals surface area contributed by atoms with Crippen molar-refractivity contribution in [2.75, 3.05) is 5.73 Å². The van der Waals surface area contributed by atoms with Crippen molar-refractivity contribution in [3.63, 3.8) is 0 Å². The molecule has 0 unspecified atom stereocenters. The molecule has 1 aromatic heterocycles. The van der Waals surface area contributed by atoms with Gasteiger partial charge in [-0.3, -0.25) is 0 Å². The van der Waals surface area contributed by atoms with Gasteiger partial charge in [0.2, 0.25) is 0 Å². The monoisotopic (exact) mass is 277 g/mol. The molecule has 4 nitrogen and oxygen atoms in total. The maximum Gasteiger partial charge on any atom is 0.146 e. The SMILES string of the molecule is Nc1ccc(-c2ccccc2OCc2ccccc2)nn1. The van der Waals surface area contributed by atoms with Crippen LogP contribution in [-0.4, -0.2) is 10.2 Å². The molecule has 0 atom stereocenters. The highest BCUT2D eigenvalue weighted by molar-refractivity contribution is 5.67. The van der Waals surface area contributed by atoms with Crippen LogP contribution in [0.3, 0.4) is 0 Å². The van der Waals surface area contributed by atoms with Crippen LogP contribution in [0.1, 0.15) is 5.56 Å². The molecule has 0 amide bonds. The van der Waals surface area contributed by atoms with E-state index in [2.05, 4.69) is 10.2 Å². The van der Waals surface area contributed by atoms with E-state index in [1.165, 1.54) is 0 Å². The van der Waals surface area contributed by atoms with Gasteiger partial charge >= 0.3 is 0 Å². The maximum atomic E-state index is 5.91. The van der Waals surface area contributed by atoms with Gasteiger partial charge in [-0.1, -0.05) is 42.5 Å². The lowest BCUT2D eigenvalue weighted by atomic mass is 10.1. The van der Waals surface area contributed by atoms with Gasteiger partial charge in [-0.2, -0.15) is 0 Å². The first kappa shape index (κ1) is 13.1. The van der Waals surface area contributed by atoms with Crippen LogP contribution in [0.4, 0.5) is 5.82 Å². The van der Waals surface area contributed by atoms with E-state index >= 15 is 0 Å². The number of aromatic nitrogens is 2. The number of anilines is 1. The van der Waals surface area contributed by atoms with Crippen LogP contribution >= 0.6 is 0 Å². The first-order chi connectivity index (χ1) is 10.3. The number of para-hydroxylation sites is 1. The zero-order valence-electron chi connectivity index (χ0n) is 11.4. The van der Waals surface area contributed by atoms with Crippen LogP contribution in [0.2, 0.25) is 0 Å². The van der Waals surface area contributed by atoms with E-state index in [4.69, 9.17) is 10.5 Å². The summed E-state index contributed by atoms with van der Waals surface area (Å²) in [5.41, 5.74) is 8.34. The molecule has 0 aliphatic heterocycles. The van der Waals surface area contributed by atoms with Crippen LogP contribution < -0.4 is 10.5 Å². The molecule has 0 bridgehead atoms. The van der Waals surface area contributed by atoms with Gasteiger partial charge in [0.25, 0.3) is 0 Å². The Bertz CT molecular complexity index is 712. The summed E-state index contributed by atoms with van der Waals surface area (Å²) in [4.78, 5) is 0. The second-order valence-corrected chi connectivity index (χ2v) is 4.61. The van der Waals surface area contributed by atoms with Gasteiger partial charge in [-0.25, -0.2) is 0 Å². The predicted octanol–water partition coefficient (Wildman–Crippen LogP) is 3.30. The summed E-state index contributed by atoms with van der Waals surface area (Å²) < 4.78 is 5.91. The van der Waals surface area contributed by atoms with Crippen molar-refractivity contribution >= 4 is 5.82 Å². The average molecular weight is 277 g/mol. The van der Waals surface area contributed by atoms with Gasteiger partial charge in [-0.05, 0) is 29.8 Å². The van der Waals surface area contributed by atoms with E-state index in [0.29, 0.717) is 12.4 Å². The molecule has 2 aromatic carbocycles. The standard InChI is InChI=1S/C17H15N3O/c18-17-11-10-15(19-20-17)14-8-4-5-9-16(14)21-12-13-6-2-1-3-7-13/h1-11H,12H2,(H2,18,20). The molecule has 21 heavy (non-hydrogen) atoms. The Morgan fingerprint density at radius 3 is 2.33 bits per heavy atom. The molecule has 0 aliphatic carbocycles. The molecular weight excluding hydrogens is 262 g/mol. The van der Waals surface area contributed by atoms with Crippen molar-refractivity contribution in [1.29, 1.82) is 0 Å². The number of nitrogens with two attached hydrogens (primary N) is 1. The lowest BCUT2D eigenvalue weighted by Crippen LogP contribution is -1.98. The lowest BCUT2D eigenvalue weighted by molar-refractivity contribution is 0.307. The van der Waals surface area contributed by atoms with Crippen molar-refractivity contribution in [2.24, 2.45) is 0 Å². The summed E-state index contributed by atoms with van der Waals surface area (Å²) in [6.07, 6.45) is 0. The van der Waals surface area contributed by atoms with E-state index in [-0.39, 0.29) is 0 Å². The summed E-state index contributed by atoms with van der Waals surface area (Å²) >= 11 is 0. The molecule has 0 fully saturated rings. The highest BCUT2D eigenvalue weighted by atomic mass is 16.5. The maximum absolute atomic E-state index is 5.91. The number of hydrogen-bond acceptors (Lipinski definition) is 4.